The van der Waals surface area contributed by atoms with Gasteiger partial charge in [0.25, 0.3) is 0 Å². The second-order valence-corrected chi connectivity index (χ2v) is 6.73. The van der Waals surface area contributed by atoms with Gasteiger partial charge in [-0.25, -0.2) is 0 Å². The molecule has 0 saturated heterocycles. The maximum atomic E-state index is 6.29. The van der Waals surface area contributed by atoms with Crippen LogP contribution in [0, 0.1) is 11.8 Å². The van der Waals surface area contributed by atoms with Gasteiger partial charge in [0, 0.05) is 10.9 Å². The molecule has 1 aromatic heterocycles. The van der Waals surface area contributed by atoms with E-state index < -0.39 is 0 Å². The molecule has 78 valence electrons. The van der Waals surface area contributed by atoms with Crippen LogP contribution in [0.2, 0.25) is 0 Å². The number of hydrogen-bond donors (Lipinski definition) is 1. The van der Waals surface area contributed by atoms with Crippen LogP contribution in [-0.2, 0) is 0 Å². The Balaban J connectivity index is 2.11. The van der Waals surface area contributed by atoms with Crippen molar-refractivity contribution in [1.82, 2.24) is 0 Å². The van der Waals surface area contributed by atoms with Crippen LogP contribution in [0.5, 0.6) is 0 Å². The average molecular weight is 274 g/mol. The van der Waals surface area contributed by atoms with E-state index >= 15 is 0 Å². The Bertz CT molecular complexity index is 310. The van der Waals surface area contributed by atoms with E-state index in [0.29, 0.717) is 5.92 Å². The molecule has 1 nitrogen and oxygen atoms in total. The van der Waals surface area contributed by atoms with Gasteiger partial charge < -0.3 is 5.73 Å². The Morgan fingerprint density at radius 1 is 1.50 bits per heavy atom. The lowest BCUT2D eigenvalue weighted by atomic mass is 9.90. The molecule has 0 aliphatic heterocycles. The van der Waals surface area contributed by atoms with Gasteiger partial charge in [0.1, 0.15) is 0 Å². The molecule has 14 heavy (non-hydrogen) atoms. The highest BCUT2D eigenvalue weighted by molar-refractivity contribution is 9.11. The van der Waals surface area contributed by atoms with Crippen molar-refractivity contribution in [1.29, 1.82) is 0 Å². The second-order valence-electron chi connectivity index (χ2n) is 4.24. The number of rotatable bonds is 2. The van der Waals surface area contributed by atoms with E-state index in [-0.39, 0.29) is 6.04 Å². The molecular weight excluding hydrogens is 258 g/mol. The third-order valence-corrected chi connectivity index (χ3v) is 5.04. The summed E-state index contributed by atoms with van der Waals surface area (Å²) in [5.41, 5.74) is 6.29. The van der Waals surface area contributed by atoms with Crippen LogP contribution in [0.3, 0.4) is 0 Å². The number of halogens is 1. The third kappa shape index (κ3) is 2.05. The normalized spacial score (nSPS) is 29.4. The molecule has 0 amide bonds. The summed E-state index contributed by atoms with van der Waals surface area (Å²) in [6.45, 7) is 2.33. The Morgan fingerprint density at radius 2 is 2.29 bits per heavy atom. The molecular formula is C11H16BrNS. The summed E-state index contributed by atoms with van der Waals surface area (Å²) in [6.07, 6.45) is 4.01. The molecule has 1 aliphatic rings. The highest BCUT2D eigenvalue weighted by Gasteiger charge is 2.30. The van der Waals surface area contributed by atoms with E-state index in [0.717, 1.165) is 5.92 Å². The Kier molecular flexibility index (Phi) is 3.30. The van der Waals surface area contributed by atoms with Crippen LogP contribution in [0.25, 0.3) is 0 Å². The first-order chi connectivity index (χ1) is 6.68. The van der Waals surface area contributed by atoms with Gasteiger partial charge in [0.05, 0.1) is 3.79 Å². The van der Waals surface area contributed by atoms with Crippen molar-refractivity contribution in [2.45, 2.75) is 32.2 Å². The lowest BCUT2D eigenvalue weighted by Crippen LogP contribution is -2.22. The summed E-state index contributed by atoms with van der Waals surface area (Å²) in [5, 5.41) is 0. The zero-order chi connectivity index (χ0) is 10.1. The summed E-state index contributed by atoms with van der Waals surface area (Å²) < 4.78 is 1.19. The smallest absolute Gasteiger partial charge is 0.0701 e. The third-order valence-electron chi connectivity index (χ3n) is 3.31. The molecule has 1 saturated carbocycles. The predicted octanol–water partition coefficient (Wildman–Crippen LogP) is 3.95. The van der Waals surface area contributed by atoms with Gasteiger partial charge in [-0.15, -0.1) is 11.3 Å². The van der Waals surface area contributed by atoms with E-state index in [1.165, 1.54) is 27.9 Å². The highest BCUT2D eigenvalue weighted by atomic mass is 79.9. The molecule has 1 aromatic rings. The van der Waals surface area contributed by atoms with E-state index in [1.54, 1.807) is 11.3 Å². The molecule has 3 atom stereocenters. The molecule has 0 radical (unpaired) electrons. The first-order valence-electron chi connectivity index (χ1n) is 5.19. The van der Waals surface area contributed by atoms with Gasteiger partial charge in [-0.05, 0) is 46.3 Å². The second kappa shape index (κ2) is 4.33. The van der Waals surface area contributed by atoms with Crippen molar-refractivity contribution >= 4 is 27.3 Å². The molecule has 3 heteroatoms. The minimum absolute atomic E-state index is 0.254. The monoisotopic (exact) mass is 273 g/mol. The van der Waals surface area contributed by atoms with Crippen molar-refractivity contribution < 1.29 is 0 Å². The maximum Gasteiger partial charge on any atom is 0.0701 e. The van der Waals surface area contributed by atoms with Gasteiger partial charge in [0.2, 0.25) is 0 Å². The first kappa shape index (κ1) is 10.7. The zero-order valence-electron chi connectivity index (χ0n) is 8.37. The molecule has 2 N–H and O–H groups in total. The van der Waals surface area contributed by atoms with Crippen molar-refractivity contribution in [3.63, 3.8) is 0 Å². The SMILES string of the molecule is CC1CCCC1C(N)c1ccc(Br)s1. The van der Waals surface area contributed by atoms with Gasteiger partial charge in [-0.3, -0.25) is 0 Å². The first-order valence-corrected chi connectivity index (χ1v) is 6.80. The van der Waals surface area contributed by atoms with Crippen LogP contribution in [0.15, 0.2) is 15.9 Å². The topological polar surface area (TPSA) is 26.0 Å². The zero-order valence-corrected chi connectivity index (χ0v) is 10.8. The summed E-state index contributed by atoms with van der Waals surface area (Å²) in [5.74, 6) is 1.49. The van der Waals surface area contributed by atoms with Crippen molar-refractivity contribution in [3.05, 3.63) is 20.8 Å². The van der Waals surface area contributed by atoms with Crippen LogP contribution in [-0.4, -0.2) is 0 Å². The lowest BCUT2D eigenvalue weighted by molar-refractivity contribution is 0.354. The summed E-state index contributed by atoms with van der Waals surface area (Å²) in [7, 11) is 0. The fraction of sp³-hybridized carbons (Fsp3) is 0.636. The summed E-state index contributed by atoms with van der Waals surface area (Å²) >= 11 is 5.26. The van der Waals surface area contributed by atoms with Gasteiger partial charge in [0.15, 0.2) is 0 Å². The number of nitrogens with two attached hydrogens (primary N) is 1. The van der Waals surface area contributed by atoms with E-state index in [4.69, 9.17) is 5.73 Å². The van der Waals surface area contributed by atoms with E-state index in [1.807, 2.05) is 0 Å². The van der Waals surface area contributed by atoms with Crippen LogP contribution >= 0.6 is 27.3 Å². The minimum atomic E-state index is 0.254. The van der Waals surface area contributed by atoms with Crippen molar-refractivity contribution in [2.24, 2.45) is 17.6 Å². The minimum Gasteiger partial charge on any atom is -0.323 e. The van der Waals surface area contributed by atoms with Crippen LogP contribution < -0.4 is 5.73 Å². The van der Waals surface area contributed by atoms with Gasteiger partial charge in [-0.1, -0.05) is 19.8 Å². The van der Waals surface area contributed by atoms with E-state index in [2.05, 4.69) is 35.0 Å². The largest absolute Gasteiger partial charge is 0.323 e. The van der Waals surface area contributed by atoms with Crippen LogP contribution in [0.4, 0.5) is 0 Å². The van der Waals surface area contributed by atoms with Crippen molar-refractivity contribution in [3.8, 4) is 0 Å². The molecule has 0 aromatic carbocycles. The molecule has 0 spiro atoms. The van der Waals surface area contributed by atoms with Gasteiger partial charge in [-0.2, -0.15) is 0 Å². The standard InChI is InChI=1S/C11H16BrNS/c1-7-3-2-4-8(7)11(13)9-5-6-10(12)14-9/h5-8,11H,2-4,13H2,1H3. The molecule has 2 rings (SSSR count). The molecule has 1 heterocycles. The lowest BCUT2D eigenvalue weighted by Gasteiger charge is -2.21. The Hall–Kier alpha value is 0.140. The van der Waals surface area contributed by atoms with Crippen molar-refractivity contribution in [2.75, 3.05) is 0 Å². The van der Waals surface area contributed by atoms with E-state index in [9.17, 15) is 0 Å². The predicted molar refractivity (Wildman–Crippen MR) is 65.5 cm³/mol. The average Bonchev–Trinajstić information content (AvgIpc) is 2.73. The van der Waals surface area contributed by atoms with Gasteiger partial charge >= 0.3 is 0 Å². The molecule has 0 bridgehead atoms. The Morgan fingerprint density at radius 3 is 2.79 bits per heavy atom. The summed E-state index contributed by atoms with van der Waals surface area (Å²) in [6, 6.07) is 4.51. The molecule has 1 aliphatic carbocycles. The number of hydrogen-bond acceptors (Lipinski definition) is 2. The maximum absolute atomic E-state index is 6.29. The quantitative estimate of drug-likeness (QED) is 0.868. The molecule has 3 unspecified atom stereocenters. The number of thiophene rings is 1. The highest BCUT2D eigenvalue weighted by Crippen LogP contribution is 2.41. The molecule has 1 fully saturated rings. The fourth-order valence-electron chi connectivity index (χ4n) is 2.43. The fourth-order valence-corrected chi connectivity index (χ4v) is 3.93. The summed E-state index contributed by atoms with van der Waals surface area (Å²) in [4.78, 5) is 1.33. The van der Waals surface area contributed by atoms with Crippen LogP contribution in [0.1, 0.15) is 37.1 Å². The Labute approximate surface area is 97.8 Å².